The van der Waals surface area contributed by atoms with Gasteiger partial charge >= 0.3 is 5.97 Å². The molecule has 21 heavy (non-hydrogen) atoms. The fourth-order valence-corrected chi connectivity index (χ4v) is 3.70. The van der Waals surface area contributed by atoms with Crippen LogP contribution in [0.5, 0.6) is 0 Å². The highest BCUT2D eigenvalue weighted by Gasteiger charge is 2.38. The Hall–Kier alpha value is -1.55. The second-order valence-corrected chi connectivity index (χ2v) is 6.55. The van der Waals surface area contributed by atoms with Gasteiger partial charge in [-0.3, -0.25) is 9.59 Å². The zero-order valence-corrected chi connectivity index (χ0v) is 13.1. The summed E-state index contributed by atoms with van der Waals surface area (Å²) in [7, 11) is 0. The molecule has 1 aromatic carbocycles. The summed E-state index contributed by atoms with van der Waals surface area (Å²) in [5.74, 6) is -0.106. The Morgan fingerprint density at radius 3 is 2.90 bits per heavy atom. The van der Waals surface area contributed by atoms with Gasteiger partial charge in [0.1, 0.15) is 11.7 Å². The zero-order chi connectivity index (χ0) is 15.0. The number of benzene rings is 1. The normalized spacial score (nSPS) is 21.0. The van der Waals surface area contributed by atoms with Gasteiger partial charge < -0.3 is 4.74 Å². The van der Waals surface area contributed by atoms with Crippen molar-refractivity contribution in [3.05, 3.63) is 34.9 Å². The molecule has 2 aliphatic heterocycles. The number of aryl methyl sites for hydroxylation is 1. The number of carbonyl (C=O) groups is 2. The number of ketones is 1. The topological polar surface area (TPSA) is 43.4 Å². The second-order valence-electron chi connectivity index (χ2n) is 5.54. The van der Waals surface area contributed by atoms with Crippen LogP contribution in [0.2, 0.25) is 0 Å². The fraction of sp³-hybridized carbons (Fsp3) is 0.412. The minimum atomic E-state index is -0.672. The van der Waals surface area contributed by atoms with Gasteiger partial charge in [-0.2, -0.15) is 0 Å². The van der Waals surface area contributed by atoms with Crippen LogP contribution in [0.3, 0.4) is 0 Å². The lowest BCUT2D eigenvalue weighted by Gasteiger charge is -2.27. The quantitative estimate of drug-likeness (QED) is 0.632. The lowest BCUT2D eigenvalue weighted by atomic mass is 9.93. The van der Waals surface area contributed by atoms with Crippen molar-refractivity contribution in [2.75, 3.05) is 5.75 Å². The van der Waals surface area contributed by atoms with Crippen LogP contribution in [0.25, 0.3) is 5.76 Å². The molecule has 0 fully saturated rings. The van der Waals surface area contributed by atoms with Gasteiger partial charge in [0.2, 0.25) is 0 Å². The number of thioether (sulfide) groups is 1. The van der Waals surface area contributed by atoms with Crippen molar-refractivity contribution in [1.82, 2.24) is 0 Å². The van der Waals surface area contributed by atoms with Crippen molar-refractivity contribution >= 4 is 29.3 Å². The average molecular weight is 302 g/mol. The van der Waals surface area contributed by atoms with Gasteiger partial charge in [0.15, 0.2) is 5.78 Å². The van der Waals surface area contributed by atoms with Gasteiger partial charge in [-0.1, -0.05) is 19.4 Å². The van der Waals surface area contributed by atoms with Crippen LogP contribution in [0.15, 0.2) is 28.7 Å². The van der Waals surface area contributed by atoms with E-state index in [4.69, 9.17) is 4.74 Å². The molecule has 0 radical (unpaired) electrons. The third-order valence-electron chi connectivity index (χ3n) is 4.00. The van der Waals surface area contributed by atoms with Gasteiger partial charge in [0.05, 0.1) is 0 Å². The minimum Gasteiger partial charge on any atom is -0.425 e. The van der Waals surface area contributed by atoms with E-state index in [-0.39, 0.29) is 5.78 Å². The largest absolute Gasteiger partial charge is 0.425 e. The van der Waals surface area contributed by atoms with Gasteiger partial charge in [-0.15, -0.1) is 11.8 Å². The number of Topliss-reactive ketones (excluding diaryl/α,β-unsaturated/α-hetero) is 1. The number of esters is 1. The van der Waals surface area contributed by atoms with E-state index in [0.29, 0.717) is 17.1 Å². The molecule has 0 aliphatic carbocycles. The Kier molecular flexibility index (Phi) is 3.89. The van der Waals surface area contributed by atoms with E-state index in [1.165, 1.54) is 5.56 Å². The molecule has 4 heteroatoms. The summed E-state index contributed by atoms with van der Waals surface area (Å²) >= 11 is 1.64. The molecular weight excluding hydrogens is 284 g/mol. The van der Waals surface area contributed by atoms with Gasteiger partial charge in [-0.25, -0.2) is 0 Å². The van der Waals surface area contributed by atoms with Crippen LogP contribution in [0, 0.1) is 5.92 Å². The first-order valence-electron chi connectivity index (χ1n) is 7.37. The van der Waals surface area contributed by atoms with Crippen LogP contribution >= 0.6 is 11.8 Å². The van der Waals surface area contributed by atoms with Crippen LogP contribution in [-0.2, 0) is 20.7 Å². The van der Waals surface area contributed by atoms with Crippen LogP contribution in [-0.4, -0.2) is 17.5 Å². The Bertz CT molecular complexity index is 645. The lowest BCUT2D eigenvalue weighted by Crippen LogP contribution is -2.32. The molecule has 0 N–H and O–H groups in total. The predicted octanol–water partition coefficient (Wildman–Crippen LogP) is 3.61. The highest BCUT2D eigenvalue weighted by atomic mass is 32.2. The number of carbonyl (C=O) groups excluding carboxylic acids is 2. The molecule has 0 aromatic heterocycles. The summed E-state index contributed by atoms with van der Waals surface area (Å²) in [6, 6.07) is 6.27. The summed E-state index contributed by atoms with van der Waals surface area (Å²) < 4.78 is 5.47. The van der Waals surface area contributed by atoms with Gasteiger partial charge in [0, 0.05) is 21.8 Å². The summed E-state index contributed by atoms with van der Waals surface area (Å²) in [6.07, 6.45) is 3.29. The molecule has 0 bridgehead atoms. The van der Waals surface area contributed by atoms with E-state index >= 15 is 0 Å². The third kappa shape index (κ3) is 2.53. The molecule has 0 amide bonds. The van der Waals surface area contributed by atoms with E-state index in [1.54, 1.807) is 18.7 Å². The van der Waals surface area contributed by atoms with Crippen LogP contribution < -0.4 is 0 Å². The Morgan fingerprint density at radius 2 is 2.14 bits per heavy atom. The SMILES string of the molecule is CCCCc1ccc2c(c1)C1=C(CS2)C(=O)C(C)C(=O)O1. The lowest BCUT2D eigenvalue weighted by molar-refractivity contribution is -0.145. The van der Waals surface area contributed by atoms with Crippen molar-refractivity contribution in [3.8, 4) is 0 Å². The van der Waals surface area contributed by atoms with Gasteiger partial charge in [-0.05, 0) is 37.5 Å². The van der Waals surface area contributed by atoms with Crippen molar-refractivity contribution in [2.24, 2.45) is 5.92 Å². The van der Waals surface area contributed by atoms with E-state index in [9.17, 15) is 9.59 Å². The number of fused-ring (bicyclic) bond motifs is 2. The van der Waals surface area contributed by atoms with E-state index in [0.717, 1.165) is 29.7 Å². The highest BCUT2D eigenvalue weighted by Crippen LogP contribution is 2.41. The second kappa shape index (κ2) is 5.68. The molecule has 110 valence electrons. The first-order valence-corrected chi connectivity index (χ1v) is 8.35. The number of unbranched alkanes of at least 4 members (excludes halogenated alkanes) is 1. The summed E-state index contributed by atoms with van der Waals surface area (Å²) in [4.78, 5) is 25.2. The molecule has 1 unspecified atom stereocenters. The number of ether oxygens (including phenoxy) is 1. The summed E-state index contributed by atoms with van der Waals surface area (Å²) in [5, 5.41) is 0. The van der Waals surface area contributed by atoms with Crippen molar-refractivity contribution in [2.45, 2.75) is 38.0 Å². The van der Waals surface area contributed by atoms with E-state index in [2.05, 4.69) is 25.1 Å². The maximum Gasteiger partial charge on any atom is 0.321 e. The smallest absolute Gasteiger partial charge is 0.321 e. The van der Waals surface area contributed by atoms with Crippen LogP contribution in [0.4, 0.5) is 0 Å². The van der Waals surface area contributed by atoms with E-state index in [1.807, 2.05) is 0 Å². The van der Waals surface area contributed by atoms with Crippen LogP contribution in [0.1, 0.15) is 37.8 Å². The van der Waals surface area contributed by atoms with E-state index < -0.39 is 11.9 Å². The molecule has 3 rings (SSSR count). The van der Waals surface area contributed by atoms with Crippen molar-refractivity contribution < 1.29 is 14.3 Å². The van der Waals surface area contributed by atoms with Crippen molar-refractivity contribution in [1.29, 1.82) is 0 Å². The average Bonchev–Trinajstić information content (AvgIpc) is 2.50. The highest BCUT2D eigenvalue weighted by molar-refractivity contribution is 7.99. The molecular formula is C17H18O3S. The zero-order valence-electron chi connectivity index (χ0n) is 12.3. The molecule has 1 aromatic rings. The standard InChI is InChI=1S/C17H18O3S/c1-3-4-5-11-6-7-14-12(8-11)16-13(9-21-14)15(18)10(2)17(19)20-16/h6-8,10H,3-5,9H2,1-2H3. The monoisotopic (exact) mass is 302 g/mol. The minimum absolute atomic E-state index is 0.0849. The predicted molar refractivity (Wildman–Crippen MR) is 83.0 cm³/mol. The first-order chi connectivity index (χ1) is 10.1. The molecule has 0 saturated heterocycles. The maximum absolute atomic E-state index is 12.3. The fourth-order valence-electron chi connectivity index (χ4n) is 2.65. The Balaban J connectivity index is 2.03. The number of hydrogen-bond acceptors (Lipinski definition) is 4. The Morgan fingerprint density at radius 1 is 1.33 bits per heavy atom. The molecule has 2 heterocycles. The number of rotatable bonds is 3. The molecule has 0 spiro atoms. The molecule has 3 nitrogen and oxygen atoms in total. The summed E-state index contributed by atoms with van der Waals surface area (Å²) in [5.41, 5.74) is 2.79. The first kappa shape index (κ1) is 14.4. The third-order valence-corrected chi connectivity index (χ3v) is 5.10. The number of hydrogen-bond donors (Lipinski definition) is 0. The molecule has 2 aliphatic rings. The van der Waals surface area contributed by atoms with Gasteiger partial charge in [0.25, 0.3) is 0 Å². The molecule has 1 atom stereocenters. The maximum atomic E-state index is 12.3. The van der Waals surface area contributed by atoms with Crippen molar-refractivity contribution in [3.63, 3.8) is 0 Å². The summed E-state index contributed by atoms with van der Waals surface area (Å²) in [6.45, 7) is 3.78. The Labute approximate surface area is 128 Å². The molecule has 0 saturated carbocycles.